The molecule has 21 heteroatoms. The maximum atomic E-state index is 13.4. The van der Waals surface area contributed by atoms with Crippen LogP contribution >= 0.6 is 0 Å². The molecule has 2 saturated heterocycles. The standard InChI is InChI=1S/C30H39F6N5O10/c1-30(16-51-30)23(43)18(11-17-5-3-2-4-6-17)38-25(45)20(14-49-28(33)34)40-26(46)21(15-50-29(35)36)39-24(44)19(13-48-27(31)32)37-22(42)12-41-7-9-47-10-8-41/h2-6,18-21,27-29H,7-16H2,1H3,(H,37,42)(H,38,45)(H,39,44)(H,40,46)/t18-,19-,20-,21-,30+/m0/s1. The lowest BCUT2D eigenvalue weighted by molar-refractivity contribution is -0.156. The molecule has 0 aliphatic carbocycles. The molecule has 3 rings (SSSR count). The number of hydrogen-bond donors (Lipinski definition) is 4. The van der Waals surface area contributed by atoms with Gasteiger partial charge in [0.15, 0.2) is 5.78 Å². The zero-order chi connectivity index (χ0) is 37.6. The maximum Gasteiger partial charge on any atom is 0.345 e. The van der Waals surface area contributed by atoms with Crippen molar-refractivity contribution in [3.63, 3.8) is 0 Å². The summed E-state index contributed by atoms with van der Waals surface area (Å²) in [6.45, 7) is -11.3. The summed E-state index contributed by atoms with van der Waals surface area (Å²) in [6, 6.07) is 1.08. The molecule has 5 atom stereocenters. The quantitative estimate of drug-likeness (QED) is 0.0893. The number of morpholine rings is 1. The Labute approximate surface area is 288 Å². The highest BCUT2D eigenvalue weighted by Gasteiger charge is 2.50. The molecule has 2 heterocycles. The number of ether oxygens (including phenoxy) is 5. The van der Waals surface area contributed by atoms with Crippen LogP contribution in [0.15, 0.2) is 30.3 Å². The predicted octanol–water partition coefficient (Wildman–Crippen LogP) is -0.424. The van der Waals surface area contributed by atoms with Crippen molar-refractivity contribution in [3.05, 3.63) is 35.9 Å². The smallest absolute Gasteiger partial charge is 0.345 e. The minimum atomic E-state index is -3.49. The van der Waals surface area contributed by atoms with Gasteiger partial charge in [-0.3, -0.25) is 28.9 Å². The number of carbonyl (C=O) groups is 5. The third-order valence-corrected chi connectivity index (χ3v) is 7.57. The lowest BCUT2D eigenvalue weighted by Crippen LogP contribution is -2.61. The molecule has 51 heavy (non-hydrogen) atoms. The summed E-state index contributed by atoms with van der Waals surface area (Å²) < 4.78 is 101. The molecule has 0 saturated carbocycles. The number of nitrogens with one attached hydrogen (secondary N) is 4. The highest BCUT2D eigenvalue weighted by molar-refractivity contribution is 5.99. The molecule has 2 fully saturated rings. The fraction of sp³-hybridized carbons (Fsp3) is 0.633. The van der Waals surface area contributed by atoms with Crippen LogP contribution < -0.4 is 21.3 Å². The Balaban J connectivity index is 1.77. The normalized spacial score (nSPS) is 20.0. The summed E-state index contributed by atoms with van der Waals surface area (Å²) in [5, 5.41) is 8.51. The average Bonchev–Trinajstić information content (AvgIpc) is 3.84. The van der Waals surface area contributed by atoms with E-state index in [0.717, 1.165) is 0 Å². The molecule has 0 unspecified atom stereocenters. The molecule has 2 aliphatic heterocycles. The lowest BCUT2D eigenvalue weighted by atomic mass is 9.94. The summed E-state index contributed by atoms with van der Waals surface area (Å²) in [5.41, 5.74) is -0.645. The molecule has 1 aromatic rings. The predicted molar refractivity (Wildman–Crippen MR) is 160 cm³/mol. The van der Waals surface area contributed by atoms with E-state index in [9.17, 15) is 50.3 Å². The van der Waals surface area contributed by atoms with Crippen LogP contribution in [0.3, 0.4) is 0 Å². The highest BCUT2D eigenvalue weighted by Crippen LogP contribution is 2.29. The Hall–Kier alpha value is -3.89. The van der Waals surface area contributed by atoms with Gasteiger partial charge in [0, 0.05) is 13.1 Å². The Morgan fingerprint density at radius 1 is 0.725 bits per heavy atom. The zero-order valence-corrected chi connectivity index (χ0v) is 27.3. The molecule has 15 nitrogen and oxygen atoms in total. The SMILES string of the molecule is C[C@]1(C(=O)[C@H](Cc2ccccc2)NC(=O)[C@H](COC(F)F)NC(=O)[C@H](COC(F)F)NC(=O)[C@H](COC(F)F)NC(=O)CN2CCOCC2)CO1. The third kappa shape index (κ3) is 14.7. The first-order valence-electron chi connectivity index (χ1n) is 15.6. The van der Waals surface area contributed by atoms with Gasteiger partial charge < -0.3 is 45.0 Å². The van der Waals surface area contributed by atoms with Gasteiger partial charge in [-0.1, -0.05) is 30.3 Å². The van der Waals surface area contributed by atoms with Gasteiger partial charge in [-0.05, 0) is 18.9 Å². The zero-order valence-electron chi connectivity index (χ0n) is 27.3. The van der Waals surface area contributed by atoms with Crippen molar-refractivity contribution in [1.29, 1.82) is 0 Å². The largest absolute Gasteiger partial charge is 0.379 e. The number of Topliss-reactive ketones (excluding diaryl/α,β-unsaturated/α-hetero) is 1. The van der Waals surface area contributed by atoms with E-state index >= 15 is 0 Å². The van der Waals surface area contributed by atoms with Crippen molar-refractivity contribution in [3.8, 4) is 0 Å². The molecule has 0 radical (unpaired) electrons. The van der Waals surface area contributed by atoms with Crippen molar-refractivity contribution in [1.82, 2.24) is 26.2 Å². The molecule has 4 amide bonds. The van der Waals surface area contributed by atoms with E-state index in [1.54, 1.807) is 35.2 Å². The molecule has 0 spiro atoms. The number of halogens is 6. The molecule has 1 aromatic carbocycles. The third-order valence-electron chi connectivity index (χ3n) is 7.57. The molecule has 4 N–H and O–H groups in total. The molecule has 286 valence electrons. The van der Waals surface area contributed by atoms with Crippen molar-refractivity contribution >= 4 is 29.4 Å². The second kappa shape index (κ2) is 20.2. The first-order valence-corrected chi connectivity index (χ1v) is 15.6. The van der Waals surface area contributed by atoms with Crippen LogP contribution in [0.2, 0.25) is 0 Å². The van der Waals surface area contributed by atoms with E-state index in [4.69, 9.17) is 9.47 Å². The Bertz CT molecular complexity index is 1310. The number of carbonyl (C=O) groups excluding carboxylic acids is 5. The first kappa shape index (κ1) is 41.5. The second-order valence-corrected chi connectivity index (χ2v) is 11.5. The van der Waals surface area contributed by atoms with Crippen LogP contribution in [-0.2, 0) is 54.1 Å². The van der Waals surface area contributed by atoms with Gasteiger partial charge in [0.2, 0.25) is 23.6 Å². The first-order chi connectivity index (χ1) is 24.2. The summed E-state index contributed by atoms with van der Waals surface area (Å²) in [7, 11) is 0. The average molecular weight is 744 g/mol. The second-order valence-electron chi connectivity index (χ2n) is 11.5. The van der Waals surface area contributed by atoms with Crippen molar-refractivity contribution in [2.24, 2.45) is 0 Å². The van der Waals surface area contributed by atoms with Crippen LogP contribution in [0.4, 0.5) is 26.3 Å². The van der Waals surface area contributed by atoms with Gasteiger partial charge in [0.25, 0.3) is 0 Å². The molecule has 2 aliphatic rings. The number of epoxide rings is 1. The van der Waals surface area contributed by atoms with Crippen LogP contribution in [0.5, 0.6) is 0 Å². The van der Waals surface area contributed by atoms with Crippen molar-refractivity contribution in [2.75, 3.05) is 59.3 Å². The maximum absolute atomic E-state index is 13.4. The van der Waals surface area contributed by atoms with Crippen molar-refractivity contribution in [2.45, 2.75) is 62.9 Å². The van der Waals surface area contributed by atoms with E-state index in [2.05, 4.69) is 24.8 Å². The van der Waals surface area contributed by atoms with Crippen LogP contribution in [0.1, 0.15) is 12.5 Å². The number of benzene rings is 1. The van der Waals surface area contributed by atoms with Crippen LogP contribution in [0.25, 0.3) is 0 Å². The number of amides is 4. The van der Waals surface area contributed by atoms with Crippen molar-refractivity contribution < 1.29 is 74.0 Å². The van der Waals surface area contributed by atoms with Gasteiger partial charge in [-0.15, -0.1) is 0 Å². The number of alkyl halides is 6. The number of nitrogens with zero attached hydrogens (tertiary/aromatic N) is 1. The summed E-state index contributed by atoms with van der Waals surface area (Å²) in [4.78, 5) is 67.2. The fourth-order valence-electron chi connectivity index (χ4n) is 4.75. The highest BCUT2D eigenvalue weighted by atomic mass is 19.3. The van der Waals surface area contributed by atoms with Crippen LogP contribution in [-0.4, -0.2) is 143 Å². The Morgan fingerprint density at radius 3 is 1.59 bits per heavy atom. The van der Waals surface area contributed by atoms with Gasteiger partial charge >= 0.3 is 19.8 Å². The number of ketones is 1. The van der Waals surface area contributed by atoms with Gasteiger partial charge in [0.1, 0.15) is 23.7 Å². The minimum Gasteiger partial charge on any atom is -0.379 e. The summed E-state index contributed by atoms with van der Waals surface area (Å²) in [5.74, 6) is -5.40. The monoisotopic (exact) mass is 743 g/mol. The van der Waals surface area contributed by atoms with E-state index in [1.807, 2.05) is 10.6 Å². The molecular formula is C30H39F6N5O10. The number of rotatable bonds is 22. The van der Waals surface area contributed by atoms with Gasteiger partial charge in [-0.25, -0.2) is 0 Å². The summed E-state index contributed by atoms with van der Waals surface area (Å²) in [6.07, 6.45) is -0.0685. The van der Waals surface area contributed by atoms with E-state index in [1.165, 1.54) is 6.92 Å². The topological polar surface area (TPSA) is 186 Å². The Kier molecular flexibility index (Phi) is 16.5. The van der Waals surface area contributed by atoms with Gasteiger partial charge in [0.05, 0.1) is 52.2 Å². The number of hydrogen-bond acceptors (Lipinski definition) is 11. The van der Waals surface area contributed by atoms with Crippen LogP contribution in [0, 0.1) is 0 Å². The molecule has 0 bridgehead atoms. The van der Waals surface area contributed by atoms with E-state index in [-0.39, 0.29) is 19.6 Å². The minimum absolute atomic E-state index is 0.0458. The van der Waals surface area contributed by atoms with Gasteiger partial charge in [-0.2, -0.15) is 26.3 Å². The van der Waals surface area contributed by atoms with E-state index < -0.39 is 98.8 Å². The van der Waals surface area contributed by atoms with E-state index in [0.29, 0.717) is 31.9 Å². The fourth-order valence-corrected chi connectivity index (χ4v) is 4.75. The molecular weight excluding hydrogens is 704 g/mol. The lowest BCUT2D eigenvalue weighted by Gasteiger charge is -2.28. The molecule has 0 aromatic heterocycles. The Morgan fingerprint density at radius 2 is 1.16 bits per heavy atom. The summed E-state index contributed by atoms with van der Waals surface area (Å²) >= 11 is 0.